The molecule has 0 saturated heterocycles. The molecule has 0 radical (unpaired) electrons. The minimum atomic E-state index is -0.535. The third-order valence-electron chi connectivity index (χ3n) is 4.68. The van der Waals surface area contributed by atoms with Crippen LogP contribution in [0.5, 0.6) is 0 Å². The summed E-state index contributed by atoms with van der Waals surface area (Å²) in [5, 5.41) is 0.415. The fourth-order valence-electron chi connectivity index (χ4n) is 3.06. The van der Waals surface area contributed by atoms with E-state index in [-0.39, 0.29) is 30.0 Å². The van der Waals surface area contributed by atoms with E-state index in [0.717, 1.165) is 17.8 Å². The van der Waals surface area contributed by atoms with Crippen molar-refractivity contribution in [2.75, 3.05) is 6.67 Å². The van der Waals surface area contributed by atoms with Crippen molar-refractivity contribution < 1.29 is 9.18 Å². The van der Waals surface area contributed by atoms with Gasteiger partial charge < -0.3 is 0 Å². The number of fused-ring (bicyclic) bond motifs is 1. The van der Waals surface area contributed by atoms with Crippen LogP contribution >= 0.6 is 11.3 Å². The van der Waals surface area contributed by atoms with Crippen LogP contribution < -0.4 is 11.2 Å². The number of aromatic nitrogens is 2. The summed E-state index contributed by atoms with van der Waals surface area (Å²) in [6.45, 7) is 5.41. The van der Waals surface area contributed by atoms with Gasteiger partial charge in [-0.3, -0.25) is 23.1 Å². The molecule has 0 N–H and O–H groups in total. The van der Waals surface area contributed by atoms with Crippen LogP contribution in [0.4, 0.5) is 4.39 Å². The Morgan fingerprint density at radius 2 is 2.04 bits per heavy atom. The molecule has 0 aliphatic heterocycles. The highest BCUT2D eigenvalue weighted by molar-refractivity contribution is 7.20. The van der Waals surface area contributed by atoms with Crippen molar-refractivity contribution in [3.05, 3.63) is 31.3 Å². The van der Waals surface area contributed by atoms with Gasteiger partial charge in [-0.05, 0) is 30.7 Å². The monoisotopic (exact) mass is 338 g/mol. The van der Waals surface area contributed by atoms with Crippen LogP contribution in [-0.2, 0) is 6.54 Å². The lowest BCUT2D eigenvalue weighted by molar-refractivity contribution is 0.112. The zero-order chi connectivity index (χ0) is 16.9. The zero-order valence-corrected chi connectivity index (χ0v) is 14.2. The van der Waals surface area contributed by atoms with Crippen LogP contribution in [0.25, 0.3) is 10.2 Å². The highest BCUT2D eigenvalue weighted by atomic mass is 32.1. The third kappa shape index (κ3) is 2.38. The van der Waals surface area contributed by atoms with E-state index in [2.05, 4.69) is 0 Å². The number of aldehydes is 1. The molecule has 0 amide bonds. The van der Waals surface area contributed by atoms with Gasteiger partial charge in [0.05, 0.1) is 16.9 Å². The highest BCUT2D eigenvalue weighted by Gasteiger charge is 2.49. The van der Waals surface area contributed by atoms with E-state index in [1.807, 2.05) is 13.8 Å². The molecule has 1 saturated carbocycles. The van der Waals surface area contributed by atoms with Gasteiger partial charge in [-0.2, -0.15) is 0 Å². The molecule has 2 aromatic heterocycles. The molecule has 5 nitrogen and oxygen atoms in total. The number of carbonyl (C=O) groups is 1. The number of hydrogen-bond donors (Lipinski definition) is 0. The van der Waals surface area contributed by atoms with Crippen molar-refractivity contribution >= 4 is 27.8 Å². The molecule has 0 aromatic carbocycles. The maximum absolute atomic E-state index is 12.9. The average Bonchev–Trinajstić information content (AvgIpc) is 2.97. The van der Waals surface area contributed by atoms with E-state index in [9.17, 15) is 18.8 Å². The smallest absolute Gasteiger partial charge is 0.297 e. The first-order valence-corrected chi connectivity index (χ1v) is 8.44. The summed E-state index contributed by atoms with van der Waals surface area (Å²) in [6, 6.07) is -0.137. The van der Waals surface area contributed by atoms with Gasteiger partial charge >= 0.3 is 5.69 Å². The van der Waals surface area contributed by atoms with E-state index in [4.69, 9.17) is 0 Å². The molecular formula is C16H19FN2O3S. The third-order valence-corrected chi connectivity index (χ3v) is 5.92. The summed E-state index contributed by atoms with van der Waals surface area (Å²) in [5.41, 5.74) is -0.221. The van der Waals surface area contributed by atoms with Crippen LogP contribution in [0.15, 0.2) is 9.59 Å². The summed E-state index contributed by atoms with van der Waals surface area (Å²) < 4.78 is 15.4. The summed E-state index contributed by atoms with van der Waals surface area (Å²) in [6.07, 6.45) is 1.67. The van der Waals surface area contributed by atoms with Crippen molar-refractivity contribution in [1.82, 2.24) is 9.13 Å². The van der Waals surface area contributed by atoms with E-state index >= 15 is 0 Å². The number of nitrogens with zero attached hydrogens (tertiary/aromatic N) is 2. The topological polar surface area (TPSA) is 61.1 Å². The van der Waals surface area contributed by atoms with Crippen LogP contribution in [0.3, 0.4) is 0 Å². The maximum Gasteiger partial charge on any atom is 0.332 e. The molecule has 2 heterocycles. The number of alkyl halides is 1. The standard InChI is InChI=1S/C16H19FN2O3S/c1-9-10(8-20)23-14-12(9)13(21)19(11-7-16(11,2)3)15(22)18(14)6-4-5-17/h8,11H,4-7H2,1-3H3. The van der Waals surface area contributed by atoms with Crippen LogP contribution in [-0.4, -0.2) is 22.1 Å². The first-order valence-electron chi connectivity index (χ1n) is 7.63. The first-order chi connectivity index (χ1) is 10.8. The van der Waals surface area contributed by atoms with Crippen LogP contribution in [0, 0.1) is 12.3 Å². The highest BCUT2D eigenvalue weighted by Crippen LogP contribution is 2.54. The van der Waals surface area contributed by atoms with Gasteiger partial charge in [0.15, 0.2) is 6.29 Å². The van der Waals surface area contributed by atoms with Gasteiger partial charge in [0.2, 0.25) is 0 Å². The van der Waals surface area contributed by atoms with Crippen molar-refractivity contribution in [2.24, 2.45) is 5.41 Å². The van der Waals surface area contributed by atoms with Crippen molar-refractivity contribution in [3.63, 3.8) is 0 Å². The van der Waals surface area contributed by atoms with Crippen LogP contribution in [0.1, 0.15) is 48.0 Å². The number of thiophene rings is 1. The molecule has 0 spiro atoms. The molecule has 1 atom stereocenters. The number of aryl methyl sites for hydroxylation is 2. The Morgan fingerprint density at radius 3 is 2.57 bits per heavy atom. The molecular weight excluding hydrogens is 319 g/mol. The maximum atomic E-state index is 12.9. The largest absolute Gasteiger partial charge is 0.332 e. The van der Waals surface area contributed by atoms with Gasteiger partial charge in [0.25, 0.3) is 5.56 Å². The molecule has 2 aromatic rings. The normalized spacial score (nSPS) is 19.2. The minimum Gasteiger partial charge on any atom is -0.297 e. The fourth-order valence-corrected chi connectivity index (χ4v) is 4.20. The van der Waals surface area contributed by atoms with Gasteiger partial charge in [-0.1, -0.05) is 13.8 Å². The second kappa shape index (κ2) is 5.40. The van der Waals surface area contributed by atoms with Gasteiger partial charge in [0.1, 0.15) is 4.83 Å². The Hall–Kier alpha value is -1.76. The molecule has 1 unspecified atom stereocenters. The van der Waals surface area contributed by atoms with Crippen molar-refractivity contribution in [1.29, 1.82) is 0 Å². The lowest BCUT2D eigenvalue weighted by atomic mass is 10.2. The van der Waals surface area contributed by atoms with Gasteiger partial charge in [0, 0.05) is 12.6 Å². The van der Waals surface area contributed by atoms with E-state index in [1.165, 1.54) is 9.13 Å². The second-order valence-corrected chi connectivity index (χ2v) is 7.78. The molecule has 1 fully saturated rings. The molecule has 3 rings (SSSR count). The minimum absolute atomic E-state index is 0.0913. The molecule has 1 aliphatic rings. The van der Waals surface area contributed by atoms with E-state index < -0.39 is 12.4 Å². The number of halogens is 1. The Labute approximate surface area is 136 Å². The number of hydrogen-bond acceptors (Lipinski definition) is 4. The Morgan fingerprint density at radius 1 is 1.39 bits per heavy atom. The number of rotatable bonds is 5. The number of carbonyl (C=O) groups excluding carboxylic acids is 1. The zero-order valence-electron chi connectivity index (χ0n) is 13.4. The summed E-state index contributed by atoms with van der Waals surface area (Å²) in [5.74, 6) is 0. The van der Waals surface area contributed by atoms with Crippen LogP contribution in [0.2, 0.25) is 0 Å². The van der Waals surface area contributed by atoms with Gasteiger partial charge in [-0.25, -0.2) is 4.79 Å². The second-order valence-electron chi connectivity index (χ2n) is 6.75. The van der Waals surface area contributed by atoms with Gasteiger partial charge in [-0.15, -0.1) is 11.3 Å². The Balaban J connectivity index is 2.37. The lowest BCUT2D eigenvalue weighted by Crippen LogP contribution is -2.40. The molecule has 0 bridgehead atoms. The Kier molecular flexibility index (Phi) is 3.78. The molecule has 7 heteroatoms. The SMILES string of the molecule is Cc1c(C=O)sc2c1c(=O)n(C1CC1(C)C)c(=O)n2CCCF. The van der Waals surface area contributed by atoms with E-state index in [0.29, 0.717) is 26.9 Å². The molecule has 1 aliphatic carbocycles. The average molecular weight is 338 g/mol. The molecule has 23 heavy (non-hydrogen) atoms. The summed E-state index contributed by atoms with van der Waals surface area (Å²) in [7, 11) is 0. The fraction of sp³-hybridized carbons (Fsp3) is 0.562. The molecule has 124 valence electrons. The summed E-state index contributed by atoms with van der Waals surface area (Å²) >= 11 is 1.13. The quantitative estimate of drug-likeness (QED) is 0.788. The van der Waals surface area contributed by atoms with E-state index in [1.54, 1.807) is 6.92 Å². The first kappa shape index (κ1) is 16.1. The van der Waals surface area contributed by atoms with Crippen molar-refractivity contribution in [3.8, 4) is 0 Å². The summed E-state index contributed by atoms with van der Waals surface area (Å²) in [4.78, 5) is 37.8. The lowest BCUT2D eigenvalue weighted by Gasteiger charge is -2.12. The predicted molar refractivity (Wildman–Crippen MR) is 88.5 cm³/mol. The predicted octanol–water partition coefficient (Wildman–Crippen LogP) is 2.68. The van der Waals surface area contributed by atoms with Crippen molar-refractivity contribution in [2.45, 2.75) is 46.2 Å². The Bertz CT molecular complexity index is 907.